The third-order valence-electron chi connectivity index (χ3n) is 3.19. The van der Waals surface area contributed by atoms with Crippen LogP contribution in [0.5, 0.6) is 5.75 Å². The number of hydrogen-bond acceptors (Lipinski definition) is 5. The van der Waals surface area contributed by atoms with Crippen LogP contribution >= 0.6 is 11.5 Å². The van der Waals surface area contributed by atoms with Gasteiger partial charge in [0, 0.05) is 10.9 Å². The van der Waals surface area contributed by atoms with Crippen LogP contribution in [-0.2, 0) is 0 Å². The first-order chi connectivity index (χ1) is 11.9. The van der Waals surface area contributed by atoms with E-state index in [4.69, 9.17) is 5.73 Å². The van der Waals surface area contributed by atoms with E-state index < -0.39 is 6.36 Å². The minimum atomic E-state index is -4.75. The van der Waals surface area contributed by atoms with Crippen molar-refractivity contribution < 1.29 is 22.7 Å². The Morgan fingerprint density at radius 3 is 2.56 bits per heavy atom. The number of nitrogens with zero attached hydrogens (tertiary/aromatic N) is 2. The highest BCUT2D eigenvalue weighted by molar-refractivity contribution is 7.13. The van der Waals surface area contributed by atoms with E-state index in [1.165, 1.54) is 23.7 Å². The summed E-state index contributed by atoms with van der Waals surface area (Å²) >= 11 is 1.18. The van der Waals surface area contributed by atoms with Gasteiger partial charge in [-0.25, -0.2) is 4.99 Å². The molecule has 0 bridgehead atoms. The number of benzene rings is 2. The van der Waals surface area contributed by atoms with Crippen molar-refractivity contribution in [1.82, 2.24) is 4.37 Å². The Labute approximate surface area is 143 Å². The van der Waals surface area contributed by atoms with Crippen LogP contribution in [0.3, 0.4) is 0 Å². The van der Waals surface area contributed by atoms with Crippen molar-refractivity contribution in [2.45, 2.75) is 6.36 Å². The zero-order chi connectivity index (χ0) is 18.0. The summed E-state index contributed by atoms with van der Waals surface area (Å²) in [5.74, 6) is -0.222. The Kier molecular flexibility index (Phi) is 4.41. The first-order valence-electron chi connectivity index (χ1n) is 6.91. The topological polar surface area (TPSA) is 77.6 Å². The summed E-state index contributed by atoms with van der Waals surface area (Å²) in [7, 11) is 0. The van der Waals surface area contributed by atoms with Crippen LogP contribution in [0.2, 0.25) is 0 Å². The summed E-state index contributed by atoms with van der Waals surface area (Å²) in [5.41, 5.74) is 7.30. The maximum Gasteiger partial charge on any atom is 0.573 e. The molecule has 3 aromatic rings. The van der Waals surface area contributed by atoms with Gasteiger partial charge in [-0.15, -0.1) is 13.2 Å². The minimum absolute atomic E-state index is 0.120. The summed E-state index contributed by atoms with van der Waals surface area (Å²) in [5, 5.41) is 0.744. The van der Waals surface area contributed by atoms with E-state index in [0.717, 1.165) is 28.5 Å². The van der Waals surface area contributed by atoms with Crippen molar-refractivity contribution in [3.63, 3.8) is 0 Å². The highest BCUT2D eigenvalue weighted by Crippen LogP contribution is 2.27. The highest BCUT2D eigenvalue weighted by atomic mass is 32.1. The molecule has 0 saturated heterocycles. The zero-order valence-corrected chi connectivity index (χ0v) is 13.3. The Balaban J connectivity index is 1.87. The minimum Gasteiger partial charge on any atom is -0.406 e. The second-order valence-corrected chi connectivity index (χ2v) is 5.75. The molecule has 0 amide bonds. The molecule has 2 N–H and O–H groups in total. The van der Waals surface area contributed by atoms with Gasteiger partial charge in [0.15, 0.2) is 5.84 Å². The predicted molar refractivity (Wildman–Crippen MR) is 88.5 cm³/mol. The van der Waals surface area contributed by atoms with Gasteiger partial charge < -0.3 is 10.5 Å². The van der Waals surface area contributed by atoms with Crippen molar-refractivity contribution in [3.8, 4) is 5.75 Å². The number of amidine groups is 1. The molecule has 3 rings (SSSR count). The van der Waals surface area contributed by atoms with Crippen LogP contribution in [0.4, 0.5) is 18.9 Å². The fourth-order valence-corrected chi connectivity index (χ4v) is 2.96. The van der Waals surface area contributed by atoms with Crippen LogP contribution in [0, 0.1) is 0 Å². The van der Waals surface area contributed by atoms with Gasteiger partial charge >= 0.3 is 6.36 Å². The van der Waals surface area contributed by atoms with Crippen molar-refractivity contribution in [3.05, 3.63) is 53.7 Å². The van der Waals surface area contributed by atoms with Gasteiger partial charge in [-0.3, -0.25) is 4.79 Å². The third kappa shape index (κ3) is 3.94. The molecule has 0 saturated carbocycles. The third-order valence-corrected chi connectivity index (χ3v) is 4.00. The highest BCUT2D eigenvalue weighted by Gasteiger charge is 2.30. The number of alkyl halides is 3. The monoisotopic (exact) mass is 365 g/mol. The van der Waals surface area contributed by atoms with Gasteiger partial charge in [0.1, 0.15) is 17.7 Å². The fourth-order valence-electron chi connectivity index (χ4n) is 2.13. The molecule has 2 aromatic carbocycles. The molecule has 0 fully saturated rings. The average molecular weight is 365 g/mol. The van der Waals surface area contributed by atoms with E-state index >= 15 is 0 Å². The van der Waals surface area contributed by atoms with Crippen LogP contribution < -0.4 is 10.5 Å². The summed E-state index contributed by atoms with van der Waals surface area (Å²) in [4.78, 5) is 15.0. The van der Waals surface area contributed by atoms with Crippen LogP contribution in [-0.4, -0.2) is 22.9 Å². The molecule has 5 nitrogen and oxygen atoms in total. The van der Waals surface area contributed by atoms with Crippen molar-refractivity contribution in [1.29, 1.82) is 0 Å². The standard InChI is InChI=1S/C16H10F3N3O2S/c17-16(18,19)24-11-4-2-10(3-5-11)21-15(20)14-12-6-1-9(8-23)7-13(12)25-22-14/h1-8H,(H2,20,21). The lowest BCUT2D eigenvalue weighted by Gasteiger charge is -2.08. The number of ether oxygens (including phenoxy) is 1. The number of carbonyl (C=O) groups is 1. The second kappa shape index (κ2) is 6.52. The Morgan fingerprint density at radius 1 is 1.20 bits per heavy atom. The van der Waals surface area contributed by atoms with E-state index in [-0.39, 0.29) is 11.6 Å². The largest absolute Gasteiger partial charge is 0.573 e. The quantitative estimate of drug-likeness (QED) is 0.430. The zero-order valence-electron chi connectivity index (χ0n) is 12.4. The number of hydrogen-bond donors (Lipinski definition) is 1. The van der Waals surface area contributed by atoms with Gasteiger partial charge in [-0.2, -0.15) is 4.37 Å². The summed E-state index contributed by atoms with van der Waals surface area (Å²) < 4.78 is 45.2. The van der Waals surface area contributed by atoms with Crippen LogP contribution in [0.1, 0.15) is 16.1 Å². The van der Waals surface area contributed by atoms with E-state index in [9.17, 15) is 18.0 Å². The lowest BCUT2D eigenvalue weighted by atomic mass is 10.1. The summed E-state index contributed by atoms with van der Waals surface area (Å²) in [6.45, 7) is 0. The normalized spacial score (nSPS) is 12.4. The molecule has 1 aromatic heterocycles. The van der Waals surface area contributed by atoms with E-state index in [1.54, 1.807) is 18.2 Å². The lowest BCUT2D eigenvalue weighted by molar-refractivity contribution is -0.274. The number of aromatic nitrogens is 1. The number of halogens is 3. The number of aliphatic imine (C=N–C) groups is 1. The molecular weight excluding hydrogens is 355 g/mol. The number of aldehydes is 1. The van der Waals surface area contributed by atoms with Crippen LogP contribution in [0.15, 0.2) is 47.5 Å². The van der Waals surface area contributed by atoms with E-state index in [1.807, 2.05) is 0 Å². The molecule has 1 heterocycles. The first-order valence-corrected chi connectivity index (χ1v) is 7.68. The van der Waals surface area contributed by atoms with Gasteiger partial charge in [-0.05, 0) is 41.9 Å². The molecule has 0 aliphatic heterocycles. The molecule has 128 valence electrons. The van der Waals surface area contributed by atoms with E-state index in [0.29, 0.717) is 16.9 Å². The SMILES string of the molecule is NC(=Nc1ccc(OC(F)(F)F)cc1)c1nsc2cc(C=O)ccc12. The number of rotatable bonds is 4. The molecule has 0 aliphatic rings. The Bertz CT molecular complexity index is 949. The summed E-state index contributed by atoms with van der Waals surface area (Å²) in [6, 6.07) is 10.1. The van der Waals surface area contributed by atoms with Gasteiger partial charge in [-0.1, -0.05) is 12.1 Å². The van der Waals surface area contributed by atoms with Gasteiger partial charge in [0.2, 0.25) is 0 Å². The second-order valence-electron chi connectivity index (χ2n) is 4.94. The fraction of sp³-hybridized carbons (Fsp3) is 0.0625. The molecule has 25 heavy (non-hydrogen) atoms. The molecule has 0 atom stereocenters. The maximum atomic E-state index is 12.1. The molecule has 0 unspecified atom stereocenters. The number of nitrogens with two attached hydrogens (primary N) is 1. The molecule has 0 radical (unpaired) electrons. The lowest BCUT2D eigenvalue weighted by Crippen LogP contribution is -2.17. The maximum absolute atomic E-state index is 12.1. The number of fused-ring (bicyclic) bond motifs is 1. The van der Waals surface area contributed by atoms with Crippen molar-refractivity contribution in [2.24, 2.45) is 10.7 Å². The van der Waals surface area contributed by atoms with E-state index in [2.05, 4.69) is 14.1 Å². The first kappa shape index (κ1) is 16.9. The smallest absolute Gasteiger partial charge is 0.406 e. The van der Waals surface area contributed by atoms with Crippen molar-refractivity contribution in [2.75, 3.05) is 0 Å². The molecule has 0 spiro atoms. The average Bonchev–Trinajstić information content (AvgIpc) is 2.98. The Morgan fingerprint density at radius 2 is 1.92 bits per heavy atom. The Hall–Kier alpha value is -2.94. The van der Waals surface area contributed by atoms with Crippen LogP contribution in [0.25, 0.3) is 10.1 Å². The van der Waals surface area contributed by atoms with Gasteiger partial charge in [0.25, 0.3) is 0 Å². The van der Waals surface area contributed by atoms with Gasteiger partial charge in [0.05, 0.1) is 10.4 Å². The van der Waals surface area contributed by atoms with Crippen molar-refractivity contribution >= 4 is 39.4 Å². The molecule has 0 aliphatic carbocycles. The number of carbonyl (C=O) groups excluding carboxylic acids is 1. The predicted octanol–water partition coefficient (Wildman–Crippen LogP) is 4.04. The molecular formula is C16H10F3N3O2S. The molecule has 9 heteroatoms. The summed E-state index contributed by atoms with van der Waals surface area (Å²) in [6.07, 6.45) is -4.01.